The van der Waals surface area contributed by atoms with Gasteiger partial charge in [-0.15, -0.1) is 0 Å². The summed E-state index contributed by atoms with van der Waals surface area (Å²) in [4.78, 5) is 41.8. The van der Waals surface area contributed by atoms with E-state index in [-0.39, 0.29) is 24.4 Å². The molecule has 3 aliphatic heterocycles. The third-order valence-electron chi connectivity index (χ3n) is 8.26. The Morgan fingerprint density at radius 3 is 2.45 bits per heavy atom. The van der Waals surface area contributed by atoms with Crippen molar-refractivity contribution in [1.29, 1.82) is 0 Å². The number of hydrogen-bond acceptors (Lipinski definition) is 7. The molecule has 1 aliphatic carbocycles. The van der Waals surface area contributed by atoms with Crippen LogP contribution in [-0.4, -0.2) is 52.1 Å². The number of hydrogen-bond donors (Lipinski definition) is 0. The lowest BCUT2D eigenvalue weighted by atomic mass is 9.77. The average molecular weight is 624 g/mol. The zero-order valence-electron chi connectivity index (χ0n) is 22.6. The highest BCUT2D eigenvalue weighted by Gasteiger charge is 2.55. The van der Waals surface area contributed by atoms with Crippen molar-refractivity contribution in [3.05, 3.63) is 106 Å². The van der Waals surface area contributed by atoms with Gasteiger partial charge < -0.3 is 0 Å². The third kappa shape index (κ3) is 4.56. The summed E-state index contributed by atoms with van der Waals surface area (Å²) in [5.41, 5.74) is 4.62. The van der Waals surface area contributed by atoms with Crippen LogP contribution in [0.2, 0.25) is 0 Å². The summed E-state index contributed by atoms with van der Waals surface area (Å²) in [6.45, 7) is -0.222. The summed E-state index contributed by atoms with van der Waals surface area (Å²) in [5.74, 6) is -1.15. The fourth-order valence-electron chi connectivity index (χ4n) is 6.38. The highest BCUT2D eigenvalue weighted by Crippen LogP contribution is 2.44. The molecule has 3 heterocycles. The molecule has 0 radical (unpaired) electrons. The molecule has 0 aromatic heterocycles. The largest absolute Gasteiger partial charge is 0.271 e. The van der Waals surface area contributed by atoms with E-state index < -0.39 is 23.9 Å². The number of halogens is 1. The monoisotopic (exact) mass is 622 g/mol. The Morgan fingerprint density at radius 2 is 1.69 bits per heavy atom. The SMILES string of the molecule is O=C1[C@H]2N=NN(CC(=O)N3N=C4/C(=C/c5ccccc5)CCC[C@@H]4[C@H]3c3ccccc3)[C@H]2C(=O)N1c1cccc(Br)c1. The smallest absolute Gasteiger partial charge is 0.264 e. The van der Waals surface area contributed by atoms with Crippen LogP contribution in [0.3, 0.4) is 0 Å². The molecule has 3 aromatic carbocycles. The summed E-state index contributed by atoms with van der Waals surface area (Å²) >= 11 is 3.40. The fraction of sp³-hybridized carbons (Fsp3) is 0.250. The van der Waals surface area contributed by atoms with Crippen LogP contribution in [0.5, 0.6) is 0 Å². The number of anilines is 1. The minimum Gasteiger partial charge on any atom is -0.271 e. The van der Waals surface area contributed by atoms with Crippen LogP contribution in [0.25, 0.3) is 6.08 Å². The van der Waals surface area contributed by atoms with Crippen molar-refractivity contribution in [3.63, 3.8) is 0 Å². The topological polar surface area (TPSA) is 98.0 Å². The first-order valence-corrected chi connectivity index (χ1v) is 14.8. The molecule has 1 saturated carbocycles. The minimum absolute atomic E-state index is 0.0507. The van der Waals surface area contributed by atoms with E-state index in [4.69, 9.17) is 5.10 Å². The maximum Gasteiger partial charge on any atom is 0.264 e. The van der Waals surface area contributed by atoms with E-state index in [9.17, 15) is 14.4 Å². The van der Waals surface area contributed by atoms with Crippen LogP contribution < -0.4 is 4.90 Å². The first kappa shape index (κ1) is 26.5. The molecular formula is C32H27BrN6O3. The van der Waals surface area contributed by atoms with Gasteiger partial charge in [-0.25, -0.2) is 9.91 Å². The highest BCUT2D eigenvalue weighted by molar-refractivity contribution is 9.10. The van der Waals surface area contributed by atoms with Gasteiger partial charge in [0, 0.05) is 10.4 Å². The van der Waals surface area contributed by atoms with Crippen LogP contribution in [0.1, 0.15) is 36.4 Å². The molecule has 1 saturated heterocycles. The molecule has 210 valence electrons. The van der Waals surface area contributed by atoms with Crippen LogP contribution in [-0.2, 0) is 14.4 Å². The molecule has 3 aromatic rings. The average Bonchev–Trinajstić information content (AvgIpc) is 3.67. The number of carbonyl (C=O) groups excluding carboxylic acids is 3. The van der Waals surface area contributed by atoms with Crippen molar-refractivity contribution in [3.8, 4) is 0 Å². The second-order valence-electron chi connectivity index (χ2n) is 10.8. The van der Waals surface area contributed by atoms with Crippen LogP contribution in [0.4, 0.5) is 5.69 Å². The number of fused-ring (bicyclic) bond motifs is 2. The van der Waals surface area contributed by atoms with Gasteiger partial charge in [-0.1, -0.05) is 87.9 Å². The number of amides is 3. The third-order valence-corrected chi connectivity index (χ3v) is 8.75. The van der Waals surface area contributed by atoms with Crippen molar-refractivity contribution >= 4 is 51.1 Å². The molecule has 9 nitrogen and oxygen atoms in total. The van der Waals surface area contributed by atoms with E-state index in [2.05, 4.69) is 44.5 Å². The number of benzene rings is 3. The van der Waals surface area contributed by atoms with E-state index in [1.54, 1.807) is 23.2 Å². The molecule has 4 aliphatic rings. The molecular weight excluding hydrogens is 596 g/mol. The van der Waals surface area contributed by atoms with Gasteiger partial charge in [0.2, 0.25) is 0 Å². The first-order valence-electron chi connectivity index (χ1n) is 14.0. The maximum atomic E-state index is 14.0. The summed E-state index contributed by atoms with van der Waals surface area (Å²) in [5, 5.41) is 16.1. The quantitative estimate of drug-likeness (QED) is 0.348. The molecule has 4 atom stereocenters. The minimum atomic E-state index is -0.984. The number of nitrogens with zero attached hydrogens (tertiary/aromatic N) is 6. The molecule has 42 heavy (non-hydrogen) atoms. The van der Waals surface area contributed by atoms with Gasteiger partial charge in [0.05, 0.1) is 17.4 Å². The molecule has 2 fully saturated rings. The second-order valence-corrected chi connectivity index (χ2v) is 11.8. The van der Waals surface area contributed by atoms with Crippen molar-refractivity contribution < 1.29 is 14.4 Å². The Bertz CT molecular complexity index is 1660. The van der Waals surface area contributed by atoms with E-state index in [0.717, 1.165) is 51.0 Å². The maximum absolute atomic E-state index is 14.0. The van der Waals surface area contributed by atoms with Gasteiger partial charge >= 0.3 is 0 Å². The predicted molar refractivity (Wildman–Crippen MR) is 161 cm³/mol. The van der Waals surface area contributed by atoms with Gasteiger partial charge in [-0.3, -0.25) is 19.4 Å². The molecule has 10 heteroatoms. The molecule has 0 spiro atoms. The molecule has 3 amide bonds. The molecule has 7 rings (SSSR count). The van der Waals surface area contributed by atoms with E-state index in [0.29, 0.717) is 5.69 Å². The van der Waals surface area contributed by atoms with E-state index >= 15 is 0 Å². The first-order chi connectivity index (χ1) is 20.5. The summed E-state index contributed by atoms with van der Waals surface area (Å²) in [6, 6.07) is 24.8. The van der Waals surface area contributed by atoms with Crippen molar-refractivity contribution in [2.24, 2.45) is 21.4 Å². The van der Waals surface area contributed by atoms with Gasteiger partial charge in [0.25, 0.3) is 17.7 Å². The van der Waals surface area contributed by atoms with Crippen molar-refractivity contribution in [1.82, 2.24) is 10.0 Å². The van der Waals surface area contributed by atoms with Gasteiger partial charge in [-0.05, 0) is 60.2 Å². The van der Waals surface area contributed by atoms with Crippen molar-refractivity contribution in [2.75, 3.05) is 11.4 Å². The number of carbonyl (C=O) groups is 3. The molecule has 0 unspecified atom stereocenters. The zero-order valence-corrected chi connectivity index (χ0v) is 24.2. The van der Waals surface area contributed by atoms with Crippen molar-refractivity contribution in [2.45, 2.75) is 37.4 Å². The van der Waals surface area contributed by atoms with E-state index in [1.807, 2.05) is 54.6 Å². The standard InChI is InChI=1S/C32H27BrN6O3/c33-23-14-8-15-24(18-23)38-31(41)28-30(32(38)42)37(36-34-28)19-26(40)39-29(21-11-5-2-6-12-21)25-16-7-13-22(27(25)35-39)17-20-9-3-1-4-10-20/h1-6,8-12,14-15,17-18,25,28-30H,7,13,16,19H2/b22-17+/t25-,28-,29+,30+/m0/s1. The number of allylic oxidation sites excluding steroid dienone is 1. The number of hydrazone groups is 1. The lowest BCUT2D eigenvalue weighted by Crippen LogP contribution is -2.45. The Kier molecular flexibility index (Phi) is 6.78. The van der Waals surface area contributed by atoms with Gasteiger partial charge in [-0.2, -0.15) is 10.2 Å². The molecule has 0 N–H and O–H groups in total. The van der Waals surface area contributed by atoms with Crippen LogP contribution in [0.15, 0.2) is 110 Å². The van der Waals surface area contributed by atoms with Gasteiger partial charge in [0.1, 0.15) is 6.54 Å². The summed E-state index contributed by atoms with van der Waals surface area (Å²) in [7, 11) is 0. The Labute approximate surface area is 251 Å². The van der Waals surface area contributed by atoms with Crippen LogP contribution in [0, 0.1) is 5.92 Å². The predicted octanol–water partition coefficient (Wildman–Crippen LogP) is 5.57. The second kappa shape index (κ2) is 10.8. The zero-order chi connectivity index (χ0) is 28.8. The number of rotatable bonds is 5. The summed E-state index contributed by atoms with van der Waals surface area (Å²) < 4.78 is 0.744. The Hall–Kier alpha value is -4.44. The normalized spacial score (nSPS) is 25.7. The Morgan fingerprint density at radius 1 is 0.929 bits per heavy atom. The van der Waals surface area contributed by atoms with E-state index in [1.165, 1.54) is 5.01 Å². The highest BCUT2D eigenvalue weighted by atomic mass is 79.9. The van der Waals surface area contributed by atoms with Gasteiger partial charge in [0.15, 0.2) is 12.1 Å². The molecule has 0 bridgehead atoms. The Balaban J connectivity index is 1.18. The van der Waals surface area contributed by atoms with Crippen LogP contribution >= 0.6 is 15.9 Å². The summed E-state index contributed by atoms with van der Waals surface area (Å²) in [6.07, 6.45) is 4.97. The lowest BCUT2D eigenvalue weighted by Gasteiger charge is -2.30. The fourth-order valence-corrected chi connectivity index (χ4v) is 6.76. The lowest BCUT2D eigenvalue weighted by molar-refractivity contribution is -0.136. The number of imide groups is 1.